The van der Waals surface area contributed by atoms with Crippen LogP contribution in [0.1, 0.15) is 57.9 Å². The van der Waals surface area contributed by atoms with Crippen LogP contribution in [0.25, 0.3) is 0 Å². The van der Waals surface area contributed by atoms with Gasteiger partial charge in [0.05, 0.1) is 18.1 Å². The van der Waals surface area contributed by atoms with E-state index in [2.05, 4.69) is 11.9 Å². The average Bonchev–Trinajstić information content (AvgIpc) is 2.99. The van der Waals surface area contributed by atoms with Gasteiger partial charge in [0, 0.05) is 5.75 Å². The number of carboxylic acids is 1. The van der Waals surface area contributed by atoms with Gasteiger partial charge in [0.15, 0.2) is 0 Å². The molecule has 0 aliphatic carbocycles. The quantitative estimate of drug-likeness (QED) is 0.456. The third-order valence-electron chi connectivity index (χ3n) is 4.24. The minimum Gasteiger partial charge on any atom is -0.547 e. The first-order valence-corrected chi connectivity index (χ1v) is 9.85. The summed E-state index contributed by atoms with van der Waals surface area (Å²) in [5.41, 5.74) is -0.739. The van der Waals surface area contributed by atoms with Crippen LogP contribution in [0.15, 0.2) is 23.2 Å². The van der Waals surface area contributed by atoms with E-state index in [9.17, 15) is 15.0 Å². The van der Waals surface area contributed by atoms with Crippen LogP contribution in [0.4, 0.5) is 0 Å². The summed E-state index contributed by atoms with van der Waals surface area (Å²) in [4.78, 5) is 15.4. The molecule has 0 aromatic heterocycles. The van der Waals surface area contributed by atoms with Gasteiger partial charge in [0.2, 0.25) is 0 Å². The van der Waals surface area contributed by atoms with Crippen molar-refractivity contribution in [1.82, 2.24) is 0 Å². The van der Waals surface area contributed by atoms with Crippen molar-refractivity contribution in [1.29, 1.82) is 0 Å². The Morgan fingerprint density at radius 3 is 2.65 bits per heavy atom. The Morgan fingerprint density at radius 1 is 1.31 bits per heavy atom. The van der Waals surface area contributed by atoms with E-state index in [0.29, 0.717) is 28.7 Å². The normalized spacial score (nSPS) is 18.9. The van der Waals surface area contributed by atoms with Gasteiger partial charge in [-0.2, -0.15) is 0 Å². The number of aliphatic imine (C=N–C) groups is 1. The number of phenolic OH excluding ortho intramolecular Hbond substituents is 1. The Hall–Kier alpha value is -0.690. The number of hydrogen-bond donors (Lipinski definition) is 1. The summed E-state index contributed by atoms with van der Waals surface area (Å²) in [5, 5.41) is 21.8. The number of carboxylic acid groups (broad SMARTS) is 1. The fraction of sp³-hybridized carbons (Fsp3) is 0.579. The van der Waals surface area contributed by atoms with Gasteiger partial charge in [0.25, 0.3) is 0 Å². The number of thioether (sulfide) groups is 1. The van der Waals surface area contributed by atoms with Gasteiger partial charge in [-0.05, 0) is 31.5 Å². The number of nitrogens with zero attached hydrogens (tertiary/aromatic N) is 1. The van der Waals surface area contributed by atoms with Crippen molar-refractivity contribution < 1.29 is 49.3 Å². The molecule has 0 saturated heterocycles. The van der Waals surface area contributed by atoms with Gasteiger partial charge < -0.3 is 19.7 Å². The molecule has 1 atom stereocenters. The van der Waals surface area contributed by atoms with Crippen LogP contribution < -0.4 is 39.4 Å². The molecule has 1 heterocycles. The second kappa shape index (κ2) is 11.2. The molecule has 1 aromatic rings. The predicted molar refractivity (Wildman–Crippen MR) is 99.4 cm³/mol. The summed E-state index contributed by atoms with van der Waals surface area (Å²) in [5.74, 6) is -0.176. The largest absolute Gasteiger partial charge is 1.00 e. The second-order valence-corrected chi connectivity index (χ2v) is 7.53. The molecule has 0 bridgehead atoms. The Morgan fingerprint density at radius 2 is 2.00 bits per heavy atom. The number of carbonyl (C=O) groups excluding carboxylic acids is 1. The summed E-state index contributed by atoms with van der Waals surface area (Å²) in [6, 6.07) is 5.00. The topological polar surface area (TPSA) is 82.0 Å². The van der Waals surface area contributed by atoms with Crippen LogP contribution in [0.2, 0.25) is 0 Å². The summed E-state index contributed by atoms with van der Waals surface area (Å²) in [6.45, 7) is 4.36. The van der Waals surface area contributed by atoms with E-state index in [1.165, 1.54) is 44.4 Å². The molecule has 1 aliphatic heterocycles. The third kappa shape index (κ3) is 6.48. The number of ether oxygens (including phenoxy) is 1. The van der Waals surface area contributed by atoms with Gasteiger partial charge in [-0.15, -0.1) is 11.8 Å². The van der Waals surface area contributed by atoms with Crippen LogP contribution in [0, 0.1) is 0 Å². The molecule has 0 radical (unpaired) electrons. The van der Waals surface area contributed by atoms with E-state index in [4.69, 9.17) is 4.74 Å². The number of rotatable bonds is 10. The number of aliphatic carboxylic acids is 1. The van der Waals surface area contributed by atoms with Gasteiger partial charge in [-0.25, -0.2) is 0 Å². The van der Waals surface area contributed by atoms with Crippen LogP contribution in [0.5, 0.6) is 11.5 Å². The third-order valence-corrected chi connectivity index (χ3v) is 5.53. The summed E-state index contributed by atoms with van der Waals surface area (Å²) < 4.78 is 5.76. The number of phenols is 1. The van der Waals surface area contributed by atoms with E-state index < -0.39 is 11.5 Å². The molecule has 0 saturated carbocycles. The summed E-state index contributed by atoms with van der Waals surface area (Å²) in [6.07, 6.45) is 7.18. The zero-order valence-corrected chi connectivity index (χ0v) is 18.7. The molecule has 0 spiro atoms. The SMILES string of the molecule is CCCCCCCCOc1ccc(O)c(C2=N[C@@](C)(C(=O)[O-])CS2)c1.[Na+]. The summed E-state index contributed by atoms with van der Waals surface area (Å²) in [7, 11) is 0. The molecule has 1 N–H and O–H groups in total. The van der Waals surface area contributed by atoms with Crippen LogP contribution in [-0.4, -0.2) is 34.0 Å². The molecular weight excluding hydrogens is 361 g/mol. The fourth-order valence-electron chi connectivity index (χ4n) is 2.59. The average molecular weight is 387 g/mol. The number of aromatic hydroxyl groups is 1. The van der Waals surface area contributed by atoms with Crippen LogP contribution in [0.3, 0.4) is 0 Å². The van der Waals surface area contributed by atoms with Gasteiger partial charge >= 0.3 is 29.6 Å². The Balaban J connectivity index is 0.00000338. The molecule has 0 fully saturated rings. The second-order valence-electron chi connectivity index (χ2n) is 6.56. The molecule has 2 rings (SSSR count). The number of unbranched alkanes of at least 4 members (excludes halogenated alkanes) is 5. The van der Waals surface area contributed by atoms with Gasteiger partial charge in [-0.1, -0.05) is 39.0 Å². The Bertz CT molecular complexity index is 638. The molecule has 1 aromatic carbocycles. The molecule has 0 unspecified atom stereocenters. The van der Waals surface area contributed by atoms with Crippen molar-refractivity contribution in [3.63, 3.8) is 0 Å². The molecule has 5 nitrogen and oxygen atoms in total. The molecule has 7 heteroatoms. The Kier molecular flexibility index (Phi) is 10.1. The predicted octanol–water partition coefficient (Wildman–Crippen LogP) is 0.138. The Labute approximate surface area is 181 Å². The first kappa shape index (κ1) is 23.3. The van der Waals surface area contributed by atoms with Gasteiger partial charge in [-0.3, -0.25) is 4.99 Å². The standard InChI is InChI=1S/C19H27NO4S.Na/c1-3-4-5-6-7-8-11-24-14-9-10-16(21)15(12-14)17-20-19(2,13-25-17)18(22)23;/h9-10,12,21H,3-8,11,13H2,1-2H3,(H,22,23);/q;+1/p-1/t19-;/m1./s1. The van der Waals surface area contributed by atoms with E-state index >= 15 is 0 Å². The maximum atomic E-state index is 11.2. The van der Waals surface area contributed by atoms with Crippen molar-refractivity contribution in [2.75, 3.05) is 12.4 Å². The maximum absolute atomic E-state index is 11.2. The first-order valence-electron chi connectivity index (χ1n) is 8.86. The molecular formula is C19H26NNaO4S. The molecule has 1 aliphatic rings. The number of carbonyl (C=O) groups is 1. The van der Waals surface area contributed by atoms with E-state index in [-0.39, 0.29) is 35.3 Å². The molecule has 26 heavy (non-hydrogen) atoms. The minimum atomic E-state index is -1.25. The zero-order chi connectivity index (χ0) is 18.3. The molecule has 138 valence electrons. The van der Waals surface area contributed by atoms with Crippen molar-refractivity contribution in [2.24, 2.45) is 4.99 Å². The fourth-order valence-corrected chi connectivity index (χ4v) is 3.77. The first-order chi connectivity index (χ1) is 12.0. The number of hydrogen-bond acceptors (Lipinski definition) is 6. The van der Waals surface area contributed by atoms with Crippen molar-refractivity contribution >= 4 is 22.8 Å². The minimum absolute atomic E-state index is 0. The maximum Gasteiger partial charge on any atom is 1.00 e. The smallest absolute Gasteiger partial charge is 0.547 e. The van der Waals surface area contributed by atoms with Crippen LogP contribution in [-0.2, 0) is 4.79 Å². The zero-order valence-electron chi connectivity index (χ0n) is 15.9. The monoisotopic (exact) mass is 387 g/mol. The van der Waals surface area contributed by atoms with Crippen molar-refractivity contribution in [3.8, 4) is 11.5 Å². The van der Waals surface area contributed by atoms with E-state index in [0.717, 1.165) is 12.8 Å². The van der Waals surface area contributed by atoms with E-state index in [1.54, 1.807) is 18.2 Å². The van der Waals surface area contributed by atoms with Crippen molar-refractivity contribution in [3.05, 3.63) is 23.8 Å². The number of benzene rings is 1. The van der Waals surface area contributed by atoms with E-state index in [1.807, 2.05) is 0 Å². The molecule has 0 amide bonds. The van der Waals surface area contributed by atoms with Crippen molar-refractivity contribution in [2.45, 2.75) is 57.9 Å². The van der Waals surface area contributed by atoms with Gasteiger partial charge in [0.1, 0.15) is 22.1 Å². The summed E-state index contributed by atoms with van der Waals surface area (Å²) >= 11 is 1.31. The van der Waals surface area contributed by atoms with Crippen LogP contribution >= 0.6 is 11.8 Å².